The summed E-state index contributed by atoms with van der Waals surface area (Å²) in [5.41, 5.74) is 3.25. The van der Waals surface area contributed by atoms with Gasteiger partial charge in [0.2, 0.25) is 5.91 Å². The Balaban J connectivity index is 1.87. The number of rotatable bonds is 10. The maximum absolute atomic E-state index is 13.5. The van der Waals surface area contributed by atoms with E-state index < -0.39 is 15.9 Å². The van der Waals surface area contributed by atoms with Crippen LogP contribution in [0, 0.1) is 0 Å². The van der Waals surface area contributed by atoms with Crippen molar-refractivity contribution in [3.8, 4) is 0 Å². The number of benzene rings is 3. The highest BCUT2D eigenvalue weighted by molar-refractivity contribution is 7.92. The van der Waals surface area contributed by atoms with Gasteiger partial charge in [0.25, 0.3) is 10.0 Å². The predicted octanol–water partition coefficient (Wildman–Crippen LogP) is 5.43. The largest absolute Gasteiger partial charge is 0.325 e. The number of unbranched alkanes of at least 4 members (excludes halogenated alkanes) is 1. The summed E-state index contributed by atoms with van der Waals surface area (Å²) in [6.45, 7) is 3.80. The van der Waals surface area contributed by atoms with Gasteiger partial charge >= 0.3 is 0 Å². The minimum Gasteiger partial charge on any atom is -0.325 e. The van der Waals surface area contributed by atoms with Crippen LogP contribution in [0.3, 0.4) is 0 Å². The molecule has 0 unspecified atom stereocenters. The van der Waals surface area contributed by atoms with Gasteiger partial charge in [0.05, 0.1) is 10.6 Å². The highest BCUT2D eigenvalue weighted by atomic mass is 32.2. The first-order chi connectivity index (χ1) is 15.5. The zero-order valence-electron chi connectivity index (χ0n) is 18.6. The zero-order valence-corrected chi connectivity index (χ0v) is 19.4. The lowest BCUT2D eigenvalue weighted by molar-refractivity contribution is -0.114. The summed E-state index contributed by atoms with van der Waals surface area (Å²) in [4.78, 5) is 13.1. The molecule has 0 bridgehead atoms. The van der Waals surface area contributed by atoms with Crippen molar-refractivity contribution in [2.45, 2.75) is 44.4 Å². The third-order valence-corrected chi connectivity index (χ3v) is 7.09. The molecule has 0 aliphatic rings. The van der Waals surface area contributed by atoms with Gasteiger partial charge in [0.1, 0.15) is 6.54 Å². The second kappa shape index (κ2) is 11.0. The van der Waals surface area contributed by atoms with Crippen molar-refractivity contribution in [2.75, 3.05) is 16.2 Å². The molecule has 0 spiro atoms. The summed E-state index contributed by atoms with van der Waals surface area (Å²) in [6, 6.07) is 23.2. The molecule has 168 valence electrons. The zero-order chi connectivity index (χ0) is 23.0. The number of amides is 1. The van der Waals surface area contributed by atoms with Gasteiger partial charge < -0.3 is 5.32 Å². The molecule has 6 heteroatoms. The summed E-state index contributed by atoms with van der Waals surface area (Å²) in [5.74, 6) is -0.392. The Bertz CT molecular complexity index is 1130. The van der Waals surface area contributed by atoms with Crippen LogP contribution in [0.5, 0.6) is 0 Å². The first kappa shape index (κ1) is 23.5. The molecule has 3 aromatic rings. The van der Waals surface area contributed by atoms with Gasteiger partial charge in [-0.3, -0.25) is 9.10 Å². The van der Waals surface area contributed by atoms with Gasteiger partial charge in [0, 0.05) is 5.69 Å². The maximum Gasteiger partial charge on any atom is 0.264 e. The normalized spacial score (nSPS) is 11.2. The number of carbonyl (C=O) groups excluding carboxylic acids is 1. The van der Waals surface area contributed by atoms with E-state index in [2.05, 4.69) is 12.2 Å². The molecule has 1 N–H and O–H groups in total. The van der Waals surface area contributed by atoms with E-state index in [1.54, 1.807) is 42.5 Å². The van der Waals surface area contributed by atoms with Gasteiger partial charge in [0.15, 0.2) is 0 Å². The summed E-state index contributed by atoms with van der Waals surface area (Å²) < 4.78 is 28.2. The molecule has 5 nitrogen and oxygen atoms in total. The number of nitrogens with zero attached hydrogens (tertiary/aromatic N) is 1. The highest BCUT2D eigenvalue weighted by Gasteiger charge is 2.28. The third kappa shape index (κ3) is 5.77. The van der Waals surface area contributed by atoms with E-state index in [9.17, 15) is 13.2 Å². The molecule has 1 amide bonds. The minimum absolute atomic E-state index is 0.152. The number of sulfonamides is 1. The van der Waals surface area contributed by atoms with Crippen LogP contribution < -0.4 is 9.62 Å². The average molecular weight is 451 g/mol. The van der Waals surface area contributed by atoms with Crippen molar-refractivity contribution in [1.29, 1.82) is 0 Å². The molecule has 0 radical (unpaired) electrons. The average Bonchev–Trinajstić information content (AvgIpc) is 2.82. The second-order valence-corrected chi connectivity index (χ2v) is 9.52. The molecule has 0 fully saturated rings. The van der Waals surface area contributed by atoms with Crippen molar-refractivity contribution >= 4 is 27.3 Å². The molecule has 3 aromatic carbocycles. The first-order valence-electron chi connectivity index (χ1n) is 11.0. The predicted molar refractivity (Wildman–Crippen MR) is 130 cm³/mol. The van der Waals surface area contributed by atoms with Gasteiger partial charge in [-0.05, 0) is 60.7 Å². The monoisotopic (exact) mass is 450 g/mol. The Morgan fingerprint density at radius 2 is 1.53 bits per heavy atom. The highest BCUT2D eigenvalue weighted by Crippen LogP contribution is 2.27. The Hall–Kier alpha value is -3.12. The van der Waals surface area contributed by atoms with Crippen LogP contribution in [0.2, 0.25) is 0 Å². The van der Waals surface area contributed by atoms with Crippen LogP contribution in [-0.2, 0) is 27.7 Å². The Kier molecular flexibility index (Phi) is 8.06. The Morgan fingerprint density at radius 1 is 0.875 bits per heavy atom. The van der Waals surface area contributed by atoms with E-state index in [1.807, 2.05) is 43.3 Å². The van der Waals surface area contributed by atoms with Crippen molar-refractivity contribution < 1.29 is 13.2 Å². The topological polar surface area (TPSA) is 66.5 Å². The summed E-state index contributed by atoms with van der Waals surface area (Å²) in [5, 5.41) is 2.84. The smallest absolute Gasteiger partial charge is 0.264 e. The molecular formula is C26H30N2O3S. The molecule has 0 aliphatic carbocycles. The lowest BCUT2D eigenvalue weighted by Gasteiger charge is -2.26. The van der Waals surface area contributed by atoms with Crippen LogP contribution in [0.15, 0.2) is 83.8 Å². The molecule has 0 aliphatic heterocycles. The lowest BCUT2D eigenvalue weighted by atomic mass is 10.1. The molecule has 0 saturated heterocycles. The second-order valence-electron chi connectivity index (χ2n) is 7.66. The number of carbonyl (C=O) groups is 1. The summed E-state index contributed by atoms with van der Waals surface area (Å²) >= 11 is 0. The van der Waals surface area contributed by atoms with Crippen molar-refractivity contribution in [1.82, 2.24) is 0 Å². The summed E-state index contributed by atoms with van der Waals surface area (Å²) in [6.07, 6.45) is 3.90. The molecule has 3 rings (SSSR count). The third-order valence-electron chi connectivity index (χ3n) is 5.32. The molecular weight excluding hydrogens is 420 g/mol. The van der Waals surface area contributed by atoms with E-state index in [-0.39, 0.29) is 11.4 Å². The van der Waals surface area contributed by atoms with Gasteiger partial charge in [-0.15, -0.1) is 0 Å². The number of nitrogens with one attached hydrogen (secondary N) is 1. The van der Waals surface area contributed by atoms with Gasteiger partial charge in [-0.2, -0.15) is 0 Å². The fourth-order valence-electron chi connectivity index (χ4n) is 3.54. The minimum atomic E-state index is -3.92. The fraction of sp³-hybridized carbons (Fsp3) is 0.269. The van der Waals surface area contributed by atoms with Gasteiger partial charge in [-0.25, -0.2) is 8.42 Å². The Labute approximate surface area is 191 Å². The van der Waals surface area contributed by atoms with Crippen molar-refractivity contribution in [2.24, 2.45) is 0 Å². The number of hydrogen-bond acceptors (Lipinski definition) is 3. The van der Waals surface area contributed by atoms with Gasteiger partial charge in [-0.1, -0.05) is 68.8 Å². The standard InChI is InChI=1S/C26H30N2O3S/c1-3-5-11-21-16-18-23(19-17-21)27-26(29)20-28(25-15-10-9-12-22(25)4-2)32(30,31)24-13-7-6-8-14-24/h6-10,12-19H,3-5,11,20H2,1-2H3,(H,27,29). The van der Waals surface area contributed by atoms with Crippen molar-refractivity contribution in [3.05, 3.63) is 90.0 Å². The first-order valence-corrected chi connectivity index (χ1v) is 12.4. The quantitative estimate of drug-likeness (QED) is 0.448. The molecule has 32 heavy (non-hydrogen) atoms. The molecule has 0 atom stereocenters. The van der Waals surface area contributed by atoms with E-state index in [4.69, 9.17) is 0 Å². The lowest BCUT2D eigenvalue weighted by Crippen LogP contribution is -2.38. The van der Waals surface area contributed by atoms with E-state index in [0.29, 0.717) is 17.8 Å². The molecule has 0 heterocycles. The van der Waals surface area contributed by atoms with Crippen LogP contribution in [0.4, 0.5) is 11.4 Å². The van der Waals surface area contributed by atoms with Crippen LogP contribution in [0.25, 0.3) is 0 Å². The van der Waals surface area contributed by atoms with Crippen LogP contribution in [0.1, 0.15) is 37.8 Å². The van der Waals surface area contributed by atoms with Crippen LogP contribution in [-0.4, -0.2) is 20.9 Å². The fourth-order valence-corrected chi connectivity index (χ4v) is 5.02. The van der Waals surface area contributed by atoms with E-state index in [0.717, 1.165) is 24.8 Å². The Morgan fingerprint density at radius 3 is 2.19 bits per heavy atom. The van der Waals surface area contributed by atoms with Crippen molar-refractivity contribution in [3.63, 3.8) is 0 Å². The summed E-state index contributed by atoms with van der Waals surface area (Å²) in [7, 11) is -3.92. The number of aryl methyl sites for hydroxylation is 2. The molecule has 0 saturated carbocycles. The SMILES string of the molecule is CCCCc1ccc(NC(=O)CN(c2ccccc2CC)S(=O)(=O)c2ccccc2)cc1. The number of para-hydroxylation sites is 1. The van der Waals surface area contributed by atoms with E-state index in [1.165, 1.54) is 9.87 Å². The number of hydrogen-bond donors (Lipinski definition) is 1. The van der Waals surface area contributed by atoms with E-state index >= 15 is 0 Å². The molecule has 0 aromatic heterocycles. The maximum atomic E-state index is 13.5. The number of anilines is 2. The van der Waals surface area contributed by atoms with Crippen LogP contribution >= 0.6 is 0 Å².